The number of anilines is 1. The van der Waals surface area contributed by atoms with Crippen LogP contribution in [0.4, 0.5) is 11.4 Å². The van der Waals surface area contributed by atoms with Gasteiger partial charge in [-0.1, -0.05) is 29.8 Å². The lowest BCUT2D eigenvalue weighted by Crippen LogP contribution is -2.31. The molecule has 0 saturated carbocycles. The summed E-state index contributed by atoms with van der Waals surface area (Å²) in [7, 11) is -3.61. The van der Waals surface area contributed by atoms with Gasteiger partial charge in [0.2, 0.25) is 0 Å². The fourth-order valence-electron chi connectivity index (χ4n) is 2.08. The summed E-state index contributed by atoms with van der Waals surface area (Å²) in [5.41, 5.74) is 7.27. The molecule has 21 heavy (non-hydrogen) atoms. The van der Waals surface area contributed by atoms with Gasteiger partial charge in [0.15, 0.2) is 0 Å². The van der Waals surface area contributed by atoms with Crippen molar-refractivity contribution >= 4 is 39.3 Å². The van der Waals surface area contributed by atoms with Crippen molar-refractivity contribution in [1.82, 2.24) is 4.31 Å². The smallest absolute Gasteiger partial charge is 0.267 e. The highest BCUT2D eigenvalue weighted by atomic mass is 35.5. The zero-order valence-electron chi connectivity index (χ0n) is 10.9. The van der Waals surface area contributed by atoms with Crippen LogP contribution in [0.3, 0.4) is 0 Å². The molecular formula is C14H12ClN3O2S. The summed E-state index contributed by atoms with van der Waals surface area (Å²) < 4.78 is 26.3. The van der Waals surface area contributed by atoms with Gasteiger partial charge in [-0.15, -0.1) is 0 Å². The third kappa shape index (κ3) is 2.48. The minimum atomic E-state index is -3.61. The van der Waals surface area contributed by atoms with Crippen LogP contribution in [0.1, 0.15) is 5.56 Å². The second-order valence-corrected chi connectivity index (χ2v) is 6.88. The molecule has 1 aliphatic rings. The van der Waals surface area contributed by atoms with E-state index in [-0.39, 0.29) is 11.4 Å². The largest absolute Gasteiger partial charge is 0.399 e. The molecule has 3 rings (SSSR count). The number of nitrogens with zero attached hydrogens (tertiary/aromatic N) is 2. The number of fused-ring (bicyclic) bond motifs is 1. The summed E-state index contributed by atoms with van der Waals surface area (Å²) in [6, 6.07) is 11.6. The molecule has 0 atom stereocenters. The number of benzene rings is 2. The highest BCUT2D eigenvalue weighted by Crippen LogP contribution is 2.31. The molecule has 0 aromatic heterocycles. The van der Waals surface area contributed by atoms with Gasteiger partial charge in [0.25, 0.3) is 10.0 Å². The Morgan fingerprint density at radius 3 is 2.71 bits per heavy atom. The van der Waals surface area contributed by atoms with Crippen molar-refractivity contribution in [3.8, 4) is 0 Å². The number of halogens is 1. The summed E-state index contributed by atoms with van der Waals surface area (Å²) in [5.74, 6) is 0. The maximum Gasteiger partial charge on any atom is 0.267 e. The number of para-hydroxylation sites is 1. The Kier molecular flexibility index (Phi) is 3.35. The van der Waals surface area contributed by atoms with Crippen LogP contribution >= 0.6 is 11.6 Å². The molecule has 2 aromatic rings. The van der Waals surface area contributed by atoms with Crippen molar-refractivity contribution in [1.29, 1.82) is 0 Å². The predicted molar refractivity (Wildman–Crippen MR) is 83.2 cm³/mol. The molecule has 1 heterocycles. The summed E-state index contributed by atoms with van der Waals surface area (Å²) in [4.78, 5) is 4.36. The molecule has 0 fully saturated rings. The van der Waals surface area contributed by atoms with E-state index in [1.807, 2.05) is 0 Å². The molecule has 2 aromatic carbocycles. The number of hydrogen-bond donors (Lipinski definition) is 1. The van der Waals surface area contributed by atoms with Gasteiger partial charge in [0.1, 0.15) is 11.2 Å². The van der Waals surface area contributed by atoms with Crippen molar-refractivity contribution in [2.45, 2.75) is 11.4 Å². The van der Waals surface area contributed by atoms with Crippen LogP contribution in [0.2, 0.25) is 5.02 Å². The molecule has 0 unspecified atom stereocenters. The number of rotatable bonds is 2. The van der Waals surface area contributed by atoms with E-state index >= 15 is 0 Å². The molecule has 0 bridgehead atoms. The average molecular weight is 322 g/mol. The van der Waals surface area contributed by atoms with E-state index in [1.54, 1.807) is 42.5 Å². The zero-order valence-corrected chi connectivity index (χ0v) is 12.5. The Morgan fingerprint density at radius 1 is 1.19 bits per heavy atom. The number of nitrogen functional groups attached to an aromatic ring is 1. The SMILES string of the molecule is Nc1ccc(CN2C=Nc3ccccc3S2(=O)=O)c(Cl)c1. The van der Waals surface area contributed by atoms with Gasteiger partial charge in [-0.05, 0) is 29.8 Å². The summed E-state index contributed by atoms with van der Waals surface area (Å²) in [5, 5.41) is 0.428. The molecule has 0 saturated heterocycles. The van der Waals surface area contributed by atoms with Crippen LogP contribution in [0, 0.1) is 0 Å². The third-order valence-corrected chi connectivity index (χ3v) is 5.27. The van der Waals surface area contributed by atoms with Crippen molar-refractivity contribution in [2.24, 2.45) is 4.99 Å². The molecule has 0 amide bonds. The lowest BCUT2D eigenvalue weighted by molar-refractivity contribution is 0.522. The molecule has 0 aliphatic carbocycles. The maximum atomic E-state index is 12.6. The van der Waals surface area contributed by atoms with Gasteiger partial charge in [-0.2, -0.15) is 0 Å². The van der Waals surface area contributed by atoms with Crippen molar-refractivity contribution in [3.63, 3.8) is 0 Å². The second-order valence-electron chi connectivity index (χ2n) is 4.61. The van der Waals surface area contributed by atoms with Crippen LogP contribution in [-0.4, -0.2) is 19.1 Å². The van der Waals surface area contributed by atoms with Gasteiger partial charge in [-0.3, -0.25) is 4.31 Å². The first kappa shape index (κ1) is 13.9. The summed E-state index contributed by atoms with van der Waals surface area (Å²) in [6.45, 7) is 0.110. The van der Waals surface area contributed by atoms with E-state index in [4.69, 9.17) is 17.3 Å². The highest BCUT2D eigenvalue weighted by Gasteiger charge is 2.28. The molecule has 0 radical (unpaired) electrons. The van der Waals surface area contributed by atoms with E-state index in [1.165, 1.54) is 10.6 Å². The van der Waals surface area contributed by atoms with Crippen LogP contribution in [-0.2, 0) is 16.6 Å². The quantitative estimate of drug-likeness (QED) is 0.864. The molecule has 1 aliphatic heterocycles. The molecule has 0 spiro atoms. The van der Waals surface area contributed by atoms with Gasteiger partial charge >= 0.3 is 0 Å². The van der Waals surface area contributed by atoms with Crippen LogP contribution in [0.5, 0.6) is 0 Å². The first-order valence-electron chi connectivity index (χ1n) is 6.17. The Morgan fingerprint density at radius 2 is 1.95 bits per heavy atom. The van der Waals surface area contributed by atoms with Gasteiger partial charge in [0.05, 0.1) is 12.2 Å². The number of sulfonamides is 1. The van der Waals surface area contributed by atoms with E-state index in [0.717, 1.165) is 0 Å². The second kappa shape index (κ2) is 5.05. The summed E-state index contributed by atoms with van der Waals surface area (Å²) >= 11 is 6.10. The molecule has 5 nitrogen and oxygen atoms in total. The topological polar surface area (TPSA) is 75.8 Å². The highest BCUT2D eigenvalue weighted by molar-refractivity contribution is 7.89. The van der Waals surface area contributed by atoms with Crippen LogP contribution in [0.15, 0.2) is 52.4 Å². The first-order chi connectivity index (χ1) is 9.98. The van der Waals surface area contributed by atoms with Gasteiger partial charge in [-0.25, -0.2) is 13.4 Å². The van der Waals surface area contributed by atoms with Crippen molar-refractivity contribution in [2.75, 3.05) is 5.73 Å². The monoisotopic (exact) mass is 321 g/mol. The normalized spacial score (nSPS) is 15.8. The van der Waals surface area contributed by atoms with Gasteiger partial charge < -0.3 is 5.73 Å². The standard InChI is InChI=1S/C14H12ClN3O2S/c15-12-7-11(16)6-5-10(12)8-18-9-17-13-3-1-2-4-14(13)21(18,19)20/h1-7,9H,8,16H2. The van der Waals surface area contributed by atoms with Crippen LogP contribution < -0.4 is 5.73 Å². The Balaban J connectivity index is 1.98. The van der Waals surface area contributed by atoms with Crippen molar-refractivity contribution in [3.05, 3.63) is 53.1 Å². The van der Waals surface area contributed by atoms with Gasteiger partial charge in [0, 0.05) is 10.7 Å². The summed E-state index contributed by atoms with van der Waals surface area (Å²) in [6.07, 6.45) is 1.31. The Labute approximate surface area is 127 Å². The maximum absolute atomic E-state index is 12.6. The zero-order chi connectivity index (χ0) is 15.0. The van der Waals surface area contributed by atoms with E-state index in [0.29, 0.717) is 22.0 Å². The fourth-order valence-corrected chi connectivity index (χ4v) is 3.70. The Bertz CT molecular complexity index is 834. The number of aliphatic imine (C=N–C) groups is 1. The van der Waals surface area contributed by atoms with E-state index in [2.05, 4.69) is 4.99 Å². The molecule has 108 valence electrons. The van der Waals surface area contributed by atoms with E-state index in [9.17, 15) is 8.42 Å². The lowest BCUT2D eigenvalue weighted by Gasteiger charge is -2.24. The lowest BCUT2D eigenvalue weighted by atomic mass is 10.2. The molecule has 2 N–H and O–H groups in total. The fraction of sp³-hybridized carbons (Fsp3) is 0.0714. The van der Waals surface area contributed by atoms with Crippen molar-refractivity contribution < 1.29 is 8.42 Å². The van der Waals surface area contributed by atoms with E-state index < -0.39 is 10.0 Å². The minimum absolute atomic E-state index is 0.110. The average Bonchev–Trinajstić information content (AvgIpc) is 2.44. The molecular weight excluding hydrogens is 310 g/mol. The molecule has 7 heteroatoms. The minimum Gasteiger partial charge on any atom is -0.399 e. The van der Waals surface area contributed by atoms with Crippen LogP contribution in [0.25, 0.3) is 0 Å². The Hall–Kier alpha value is -2.05. The number of hydrogen-bond acceptors (Lipinski definition) is 4. The number of nitrogens with two attached hydrogens (primary N) is 1. The third-order valence-electron chi connectivity index (χ3n) is 3.18. The first-order valence-corrected chi connectivity index (χ1v) is 7.99. The predicted octanol–water partition coefficient (Wildman–Crippen LogP) is 2.79.